The molecule has 1 atom stereocenters. The van der Waals surface area contributed by atoms with E-state index in [0.717, 1.165) is 36.1 Å². The Bertz CT molecular complexity index is 414. The van der Waals surface area contributed by atoms with Crippen molar-refractivity contribution in [2.75, 3.05) is 13.1 Å². The molecular weight excluding hydrogens is 361 g/mol. The summed E-state index contributed by atoms with van der Waals surface area (Å²) in [6.07, 6.45) is 1.14. The number of rotatable bonds is 2. The van der Waals surface area contributed by atoms with Gasteiger partial charge in [-0.05, 0) is 42.1 Å². The third-order valence-corrected chi connectivity index (χ3v) is 5.66. The van der Waals surface area contributed by atoms with Crippen molar-refractivity contribution in [2.24, 2.45) is 5.41 Å². The smallest absolute Gasteiger partial charge is 0.124 e. The Morgan fingerprint density at radius 2 is 2.11 bits per heavy atom. The Morgan fingerprint density at radius 3 is 2.72 bits per heavy atom. The molecule has 1 aromatic carbocycles. The van der Waals surface area contributed by atoms with Gasteiger partial charge >= 0.3 is 0 Å². The summed E-state index contributed by atoms with van der Waals surface area (Å²) in [7, 11) is 0. The highest BCUT2D eigenvalue weighted by Crippen LogP contribution is 2.35. The molecule has 1 nitrogen and oxygen atoms in total. The molecule has 0 bridgehead atoms. The van der Waals surface area contributed by atoms with Gasteiger partial charge in [0.2, 0.25) is 0 Å². The van der Waals surface area contributed by atoms with Crippen LogP contribution in [-0.2, 0) is 6.54 Å². The van der Waals surface area contributed by atoms with Gasteiger partial charge in [-0.3, -0.25) is 4.90 Å². The fourth-order valence-corrected chi connectivity index (χ4v) is 3.40. The maximum atomic E-state index is 13.3. The molecule has 0 aliphatic carbocycles. The van der Waals surface area contributed by atoms with Crippen LogP contribution >= 0.6 is 31.9 Å². The SMILES string of the molecule is CC1(C)CN(Cc2cc(F)cc(Br)c2)CCC1Br. The summed E-state index contributed by atoms with van der Waals surface area (Å²) in [5.74, 6) is -0.172. The van der Waals surface area contributed by atoms with E-state index in [1.807, 2.05) is 6.07 Å². The lowest BCUT2D eigenvalue weighted by molar-refractivity contribution is 0.120. The Kier molecular flexibility index (Phi) is 4.50. The van der Waals surface area contributed by atoms with Gasteiger partial charge in [-0.25, -0.2) is 4.39 Å². The minimum atomic E-state index is -0.172. The molecule has 1 fully saturated rings. The van der Waals surface area contributed by atoms with E-state index in [4.69, 9.17) is 0 Å². The molecule has 4 heteroatoms. The molecule has 1 aliphatic rings. The van der Waals surface area contributed by atoms with Crippen LogP contribution in [0, 0.1) is 11.2 Å². The second-order valence-electron chi connectivity index (χ2n) is 5.73. The maximum absolute atomic E-state index is 13.3. The Labute approximate surface area is 125 Å². The minimum Gasteiger partial charge on any atom is -0.298 e. The number of hydrogen-bond acceptors (Lipinski definition) is 1. The lowest BCUT2D eigenvalue weighted by Gasteiger charge is -2.42. The van der Waals surface area contributed by atoms with Crippen LogP contribution in [-0.4, -0.2) is 22.8 Å². The van der Waals surface area contributed by atoms with Gasteiger partial charge in [0.05, 0.1) is 0 Å². The average Bonchev–Trinajstić information content (AvgIpc) is 2.21. The van der Waals surface area contributed by atoms with E-state index in [9.17, 15) is 4.39 Å². The number of piperidine rings is 1. The van der Waals surface area contributed by atoms with Crippen LogP contribution in [0.15, 0.2) is 22.7 Å². The average molecular weight is 379 g/mol. The molecule has 18 heavy (non-hydrogen) atoms. The summed E-state index contributed by atoms with van der Waals surface area (Å²) in [6.45, 7) is 7.48. The van der Waals surface area contributed by atoms with Crippen molar-refractivity contribution in [1.29, 1.82) is 0 Å². The van der Waals surface area contributed by atoms with Crippen molar-refractivity contribution >= 4 is 31.9 Å². The van der Waals surface area contributed by atoms with Crippen molar-refractivity contribution in [3.05, 3.63) is 34.1 Å². The van der Waals surface area contributed by atoms with Gasteiger partial charge < -0.3 is 0 Å². The summed E-state index contributed by atoms with van der Waals surface area (Å²) >= 11 is 7.10. The number of alkyl halides is 1. The van der Waals surface area contributed by atoms with Crippen LogP contribution in [0.2, 0.25) is 0 Å². The van der Waals surface area contributed by atoms with E-state index in [0.29, 0.717) is 4.83 Å². The molecule has 0 spiro atoms. The number of benzene rings is 1. The number of hydrogen-bond donors (Lipinski definition) is 0. The van der Waals surface area contributed by atoms with Crippen molar-refractivity contribution in [1.82, 2.24) is 4.90 Å². The van der Waals surface area contributed by atoms with E-state index in [1.165, 1.54) is 6.07 Å². The lowest BCUT2D eigenvalue weighted by atomic mass is 9.84. The third kappa shape index (κ3) is 3.55. The Balaban J connectivity index is 2.06. The molecule has 1 unspecified atom stereocenters. The Morgan fingerprint density at radius 1 is 1.39 bits per heavy atom. The molecule has 0 amide bonds. The number of likely N-dealkylation sites (tertiary alicyclic amines) is 1. The lowest BCUT2D eigenvalue weighted by Crippen LogP contribution is -2.45. The van der Waals surface area contributed by atoms with Crippen LogP contribution in [0.25, 0.3) is 0 Å². The van der Waals surface area contributed by atoms with Gasteiger partial charge in [0.15, 0.2) is 0 Å². The van der Waals surface area contributed by atoms with Crippen molar-refractivity contribution in [3.63, 3.8) is 0 Å². The molecule has 1 saturated heterocycles. The number of nitrogens with zero attached hydrogens (tertiary/aromatic N) is 1. The summed E-state index contributed by atoms with van der Waals surface area (Å²) in [6, 6.07) is 5.12. The monoisotopic (exact) mass is 377 g/mol. The van der Waals surface area contributed by atoms with E-state index < -0.39 is 0 Å². The van der Waals surface area contributed by atoms with Gasteiger partial charge in [0, 0.05) is 22.4 Å². The minimum absolute atomic E-state index is 0.172. The quantitative estimate of drug-likeness (QED) is 0.680. The van der Waals surface area contributed by atoms with Crippen LogP contribution in [0.5, 0.6) is 0 Å². The number of halogens is 3. The molecule has 1 aromatic rings. The fourth-order valence-electron chi connectivity index (χ4n) is 2.54. The maximum Gasteiger partial charge on any atom is 0.124 e. The predicted octanol–water partition coefficient (Wildman–Crippen LogP) is 4.58. The van der Waals surface area contributed by atoms with Crippen LogP contribution in [0.4, 0.5) is 4.39 Å². The molecule has 1 heterocycles. The molecule has 1 aliphatic heterocycles. The largest absolute Gasteiger partial charge is 0.298 e. The molecule has 100 valence electrons. The van der Waals surface area contributed by atoms with Gasteiger partial charge in [-0.15, -0.1) is 0 Å². The normalized spacial score (nSPS) is 24.2. The summed E-state index contributed by atoms with van der Waals surface area (Å²) < 4.78 is 14.2. The van der Waals surface area contributed by atoms with E-state index in [2.05, 4.69) is 50.6 Å². The molecule has 2 rings (SSSR count). The molecular formula is C14H18Br2FN. The topological polar surface area (TPSA) is 3.24 Å². The van der Waals surface area contributed by atoms with E-state index in [-0.39, 0.29) is 11.2 Å². The van der Waals surface area contributed by atoms with Gasteiger partial charge in [-0.1, -0.05) is 45.7 Å². The standard InChI is InChI=1S/C14H18Br2FN/c1-14(2)9-18(4-3-13(14)16)8-10-5-11(15)7-12(17)6-10/h5-7,13H,3-4,8-9H2,1-2H3. The summed E-state index contributed by atoms with van der Waals surface area (Å²) in [4.78, 5) is 2.97. The van der Waals surface area contributed by atoms with Gasteiger partial charge in [0.25, 0.3) is 0 Å². The van der Waals surface area contributed by atoms with Crippen molar-refractivity contribution in [3.8, 4) is 0 Å². The first kappa shape index (κ1) is 14.5. The predicted molar refractivity (Wildman–Crippen MR) is 80.5 cm³/mol. The first-order valence-corrected chi connectivity index (χ1v) is 7.89. The zero-order valence-electron chi connectivity index (χ0n) is 10.7. The summed E-state index contributed by atoms with van der Waals surface area (Å²) in [5, 5.41) is 0. The highest BCUT2D eigenvalue weighted by Gasteiger charge is 2.33. The summed E-state index contributed by atoms with van der Waals surface area (Å²) in [5.41, 5.74) is 1.30. The van der Waals surface area contributed by atoms with Crippen molar-refractivity contribution in [2.45, 2.75) is 31.6 Å². The van der Waals surface area contributed by atoms with E-state index in [1.54, 1.807) is 6.07 Å². The highest BCUT2D eigenvalue weighted by atomic mass is 79.9. The molecule has 0 radical (unpaired) electrons. The zero-order valence-corrected chi connectivity index (χ0v) is 13.9. The van der Waals surface area contributed by atoms with Crippen LogP contribution < -0.4 is 0 Å². The van der Waals surface area contributed by atoms with Crippen LogP contribution in [0.1, 0.15) is 25.8 Å². The highest BCUT2D eigenvalue weighted by molar-refractivity contribution is 9.10. The molecule has 0 N–H and O–H groups in total. The Hall–Kier alpha value is 0.0700. The van der Waals surface area contributed by atoms with Gasteiger partial charge in [-0.2, -0.15) is 0 Å². The van der Waals surface area contributed by atoms with Crippen molar-refractivity contribution < 1.29 is 4.39 Å². The third-order valence-electron chi connectivity index (χ3n) is 3.51. The van der Waals surface area contributed by atoms with Gasteiger partial charge in [0.1, 0.15) is 5.82 Å². The van der Waals surface area contributed by atoms with Crippen LogP contribution in [0.3, 0.4) is 0 Å². The zero-order chi connectivity index (χ0) is 13.3. The molecule has 0 aromatic heterocycles. The molecule has 0 saturated carbocycles. The first-order chi connectivity index (χ1) is 8.37. The first-order valence-electron chi connectivity index (χ1n) is 6.18. The second kappa shape index (κ2) is 5.59. The fraction of sp³-hybridized carbons (Fsp3) is 0.571. The second-order valence-corrected chi connectivity index (χ2v) is 7.75. The van der Waals surface area contributed by atoms with E-state index >= 15 is 0 Å².